The molecule has 1 aromatic rings. The van der Waals surface area contributed by atoms with Gasteiger partial charge in [-0.2, -0.15) is 5.26 Å². The van der Waals surface area contributed by atoms with Gasteiger partial charge in [-0.1, -0.05) is 20.8 Å². The molecule has 1 amide bonds. The van der Waals surface area contributed by atoms with Gasteiger partial charge in [0.15, 0.2) is 0 Å². The normalized spacial score (nSPS) is 14.9. The first-order chi connectivity index (χ1) is 9.40. The number of nitrogens with one attached hydrogen (secondary N) is 1. The van der Waals surface area contributed by atoms with Crippen LogP contribution in [0.25, 0.3) is 0 Å². The maximum Gasteiger partial charge on any atom is 0.250 e. The molecule has 0 aliphatic heterocycles. The van der Waals surface area contributed by atoms with Gasteiger partial charge in [0, 0.05) is 4.88 Å². The quantitative estimate of drug-likeness (QED) is 0.906. The minimum absolute atomic E-state index is 0.0261. The van der Waals surface area contributed by atoms with Gasteiger partial charge in [-0.05, 0) is 30.2 Å². The number of ether oxygens (including phenoxy) is 1. The largest absolute Gasteiger partial charge is 0.371 e. The molecular weight excluding hydrogens is 272 g/mol. The first kappa shape index (κ1) is 15.0. The van der Waals surface area contributed by atoms with E-state index < -0.39 is 0 Å². The van der Waals surface area contributed by atoms with E-state index in [-0.39, 0.29) is 17.9 Å². The number of rotatable bonds is 5. The average molecular weight is 292 g/mol. The summed E-state index contributed by atoms with van der Waals surface area (Å²) in [4.78, 5) is 13.4. The van der Waals surface area contributed by atoms with Crippen LogP contribution in [0.4, 0.5) is 5.69 Å². The molecule has 0 saturated heterocycles. The van der Waals surface area contributed by atoms with E-state index in [1.165, 1.54) is 24.2 Å². The molecule has 0 bridgehead atoms. The van der Waals surface area contributed by atoms with Crippen molar-refractivity contribution in [2.75, 3.05) is 18.5 Å². The van der Waals surface area contributed by atoms with Gasteiger partial charge in [-0.15, -0.1) is 11.3 Å². The highest BCUT2D eigenvalue weighted by atomic mass is 32.1. The maximum absolute atomic E-state index is 11.8. The number of anilines is 1. The lowest BCUT2D eigenvalue weighted by Gasteiger charge is -2.15. The number of thiophene rings is 1. The summed E-state index contributed by atoms with van der Waals surface area (Å²) in [6.45, 7) is 6.98. The van der Waals surface area contributed by atoms with Crippen molar-refractivity contribution in [3.05, 3.63) is 15.8 Å². The van der Waals surface area contributed by atoms with E-state index in [9.17, 15) is 4.79 Å². The highest BCUT2D eigenvalue weighted by molar-refractivity contribution is 7.13. The molecule has 4 nitrogen and oxygen atoms in total. The molecule has 0 unspecified atom stereocenters. The summed E-state index contributed by atoms with van der Waals surface area (Å²) in [6, 6.07) is 4.03. The Hall–Kier alpha value is -1.38. The first-order valence-corrected chi connectivity index (χ1v) is 7.64. The summed E-state index contributed by atoms with van der Waals surface area (Å²) in [6.07, 6.45) is 2.42. The average Bonchev–Trinajstić information content (AvgIpc) is 3.07. The molecule has 1 aromatic heterocycles. The molecule has 108 valence electrons. The predicted molar refractivity (Wildman–Crippen MR) is 79.9 cm³/mol. The zero-order valence-electron chi connectivity index (χ0n) is 12.2. The van der Waals surface area contributed by atoms with E-state index >= 15 is 0 Å². The number of nitriles is 1. The van der Waals surface area contributed by atoms with Crippen molar-refractivity contribution < 1.29 is 9.53 Å². The Labute approximate surface area is 123 Å². The number of nitrogens with zero attached hydrogens (tertiary/aromatic N) is 1. The van der Waals surface area contributed by atoms with Crippen molar-refractivity contribution in [2.24, 2.45) is 5.92 Å². The van der Waals surface area contributed by atoms with Gasteiger partial charge < -0.3 is 10.1 Å². The fourth-order valence-corrected chi connectivity index (χ4v) is 2.69. The summed E-state index contributed by atoms with van der Waals surface area (Å²) in [7, 11) is 0. The van der Waals surface area contributed by atoms with Crippen LogP contribution in [0.1, 0.15) is 43.4 Å². The second-order valence-corrected chi connectivity index (χ2v) is 7.27. The molecule has 1 fully saturated rings. The highest BCUT2D eigenvalue weighted by Gasteiger charge is 2.22. The van der Waals surface area contributed by atoms with Crippen molar-refractivity contribution in [3.8, 4) is 6.07 Å². The molecule has 0 spiro atoms. The molecule has 20 heavy (non-hydrogen) atoms. The van der Waals surface area contributed by atoms with Crippen LogP contribution in [0.15, 0.2) is 6.07 Å². The maximum atomic E-state index is 11.8. The number of carbonyl (C=O) groups is 1. The topological polar surface area (TPSA) is 62.1 Å². The highest BCUT2D eigenvalue weighted by Crippen LogP contribution is 2.35. The number of amides is 1. The summed E-state index contributed by atoms with van der Waals surface area (Å²) >= 11 is 1.43. The number of carbonyl (C=O) groups excluding carboxylic acids is 1. The lowest BCUT2D eigenvalue weighted by molar-refractivity contribution is -0.120. The standard InChI is InChI=1S/C15H20N2O2S/c1-15(2,3)13-6-11(12(7-16)20-13)17-14(18)9-19-8-10-4-5-10/h6,10H,4-5,8-9H2,1-3H3,(H,17,18). The summed E-state index contributed by atoms with van der Waals surface area (Å²) in [5.74, 6) is 0.450. The predicted octanol–water partition coefficient (Wildman–Crippen LogP) is 3.28. The smallest absolute Gasteiger partial charge is 0.250 e. The van der Waals surface area contributed by atoms with Gasteiger partial charge in [0.2, 0.25) is 5.91 Å². The fraction of sp³-hybridized carbons (Fsp3) is 0.600. The van der Waals surface area contributed by atoms with Gasteiger partial charge >= 0.3 is 0 Å². The third-order valence-corrected chi connectivity index (χ3v) is 4.60. The molecule has 5 heteroatoms. The Morgan fingerprint density at radius 1 is 1.55 bits per heavy atom. The first-order valence-electron chi connectivity index (χ1n) is 6.82. The number of hydrogen-bond acceptors (Lipinski definition) is 4. The monoisotopic (exact) mass is 292 g/mol. The summed E-state index contributed by atoms with van der Waals surface area (Å²) < 4.78 is 5.35. The van der Waals surface area contributed by atoms with Crippen molar-refractivity contribution in [1.29, 1.82) is 5.26 Å². The van der Waals surface area contributed by atoms with Gasteiger partial charge in [-0.25, -0.2) is 0 Å². The summed E-state index contributed by atoms with van der Waals surface area (Å²) in [5.41, 5.74) is 0.573. The molecule has 1 saturated carbocycles. The Morgan fingerprint density at radius 3 is 2.80 bits per heavy atom. The van der Waals surface area contributed by atoms with Crippen LogP contribution in [-0.4, -0.2) is 19.1 Å². The number of hydrogen-bond donors (Lipinski definition) is 1. The van der Waals surface area contributed by atoms with Crippen molar-refractivity contribution in [1.82, 2.24) is 0 Å². The lowest BCUT2D eigenvalue weighted by atomic mass is 9.94. The van der Waals surface area contributed by atoms with Crippen molar-refractivity contribution in [3.63, 3.8) is 0 Å². The van der Waals surface area contributed by atoms with E-state index in [4.69, 9.17) is 10.00 Å². The van der Waals surface area contributed by atoms with Crippen LogP contribution in [0, 0.1) is 17.2 Å². The Morgan fingerprint density at radius 2 is 2.25 bits per heavy atom. The SMILES string of the molecule is CC(C)(C)c1cc(NC(=O)COCC2CC2)c(C#N)s1. The van der Waals surface area contributed by atoms with Crippen LogP contribution in [0.5, 0.6) is 0 Å². The van der Waals surface area contributed by atoms with E-state index in [0.29, 0.717) is 23.1 Å². The third-order valence-electron chi connectivity index (χ3n) is 3.13. The zero-order valence-corrected chi connectivity index (χ0v) is 13.0. The van der Waals surface area contributed by atoms with E-state index in [0.717, 1.165) is 4.88 Å². The summed E-state index contributed by atoms with van der Waals surface area (Å²) in [5, 5.41) is 11.9. The molecule has 1 aliphatic rings. The molecule has 1 heterocycles. The molecule has 2 rings (SSSR count). The van der Waals surface area contributed by atoms with Crippen LogP contribution in [0.3, 0.4) is 0 Å². The van der Waals surface area contributed by atoms with Gasteiger partial charge in [0.05, 0.1) is 12.3 Å². The lowest BCUT2D eigenvalue weighted by Crippen LogP contribution is -2.19. The van der Waals surface area contributed by atoms with E-state index in [1.807, 2.05) is 6.07 Å². The van der Waals surface area contributed by atoms with E-state index in [1.54, 1.807) is 0 Å². The minimum Gasteiger partial charge on any atom is -0.371 e. The van der Waals surface area contributed by atoms with Gasteiger partial charge in [0.1, 0.15) is 17.6 Å². The second-order valence-electron chi connectivity index (χ2n) is 6.22. The molecule has 0 radical (unpaired) electrons. The third kappa shape index (κ3) is 4.06. The fourth-order valence-electron chi connectivity index (χ4n) is 1.73. The molecule has 1 N–H and O–H groups in total. The van der Waals surface area contributed by atoms with Crippen molar-refractivity contribution in [2.45, 2.75) is 39.0 Å². The zero-order chi connectivity index (χ0) is 14.8. The molecule has 0 atom stereocenters. The van der Waals surface area contributed by atoms with Gasteiger partial charge in [-0.3, -0.25) is 4.79 Å². The molecule has 1 aliphatic carbocycles. The Bertz CT molecular complexity index is 533. The molecular formula is C15H20N2O2S. The second kappa shape index (κ2) is 5.94. The van der Waals surface area contributed by atoms with Crippen LogP contribution >= 0.6 is 11.3 Å². The van der Waals surface area contributed by atoms with Gasteiger partial charge in [0.25, 0.3) is 0 Å². The van der Waals surface area contributed by atoms with Crippen LogP contribution in [0.2, 0.25) is 0 Å². The van der Waals surface area contributed by atoms with Crippen LogP contribution < -0.4 is 5.32 Å². The Balaban J connectivity index is 1.95. The van der Waals surface area contributed by atoms with E-state index in [2.05, 4.69) is 32.2 Å². The van der Waals surface area contributed by atoms with Crippen molar-refractivity contribution >= 4 is 22.9 Å². The Kier molecular flexibility index (Phi) is 4.46. The molecule has 0 aromatic carbocycles. The van der Waals surface area contributed by atoms with Crippen LogP contribution in [-0.2, 0) is 14.9 Å². The minimum atomic E-state index is -0.194.